The first-order valence-electron chi connectivity index (χ1n) is 7.53. The number of hydrogen-bond donors (Lipinski definition) is 1. The number of nitrogens with zero attached hydrogens (tertiary/aromatic N) is 2. The van der Waals surface area contributed by atoms with Crippen molar-refractivity contribution in [1.82, 2.24) is 15.1 Å². The van der Waals surface area contributed by atoms with Crippen LogP contribution >= 0.6 is 0 Å². The molecule has 106 valence electrons. The predicted octanol–water partition coefficient (Wildman–Crippen LogP) is 0.781. The van der Waals surface area contributed by atoms with Crippen molar-refractivity contribution >= 4 is 0 Å². The van der Waals surface area contributed by atoms with Crippen LogP contribution in [0.1, 0.15) is 26.2 Å². The third kappa shape index (κ3) is 3.67. The van der Waals surface area contributed by atoms with E-state index in [2.05, 4.69) is 22.0 Å². The fourth-order valence-corrected chi connectivity index (χ4v) is 3.28. The van der Waals surface area contributed by atoms with Gasteiger partial charge in [0.1, 0.15) is 0 Å². The number of hydrogen-bond acceptors (Lipinski definition) is 4. The Balaban J connectivity index is 1.81. The van der Waals surface area contributed by atoms with E-state index < -0.39 is 0 Å². The molecule has 4 heteroatoms. The fraction of sp³-hybridized carbons (Fsp3) is 1.00. The summed E-state index contributed by atoms with van der Waals surface area (Å²) in [5, 5.41) is 3.54. The average Bonchev–Trinajstić information content (AvgIpc) is 2.85. The van der Waals surface area contributed by atoms with E-state index in [4.69, 9.17) is 4.74 Å². The molecule has 0 bridgehead atoms. The topological polar surface area (TPSA) is 27.7 Å². The van der Waals surface area contributed by atoms with Crippen LogP contribution < -0.4 is 5.32 Å². The van der Waals surface area contributed by atoms with Gasteiger partial charge in [-0.1, -0.05) is 6.92 Å². The van der Waals surface area contributed by atoms with Crippen molar-refractivity contribution in [3.63, 3.8) is 0 Å². The highest BCUT2D eigenvalue weighted by atomic mass is 16.5. The summed E-state index contributed by atoms with van der Waals surface area (Å²) < 4.78 is 5.40. The number of piperazine rings is 1. The first-order valence-corrected chi connectivity index (χ1v) is 7.53. The Kier molecular flexibility index (Phi) is 5.89. The molecule has 0 amide bonds. The lowest BCUT2D eigenvalue weighted by molar-refractivity contribution is 0.0344. The van der Waals surface area contributed by atoms with E-state index in [1.54, 1.807) is 0 Å². The summed E-state index contributed by atoms with van der Waals surface area (Å²) in [7, 11) is 1.82. The first-order chi connectivity index (χ1) is 8.85. The van der Waals surface area contributed by atoms with Crippen molar-refractivity contribution in [3.05, 3.63) is 0 Å². The van der Waals surface area contributed by atoms with Gasteiger partial charge in [-0.25, -0.2) is 0 Å². The van der Waals surface area contributed by atoms with E-state index in [1.165, 1.54) is 45.4 Å². The highest BCUT2D eigenvalue weighted by molar-refractivity contribution is 4.89. The molecule has 2 rings (SSSR count). The number of methoxy groups -OCH3 is 1. The second-order valence-corrected chi connectivity index (χ2v) is 5.64. The Bertz CT molecular complexity index is 237. The molecule has 2 aliphatic rings. The van der Waals surface area contributed by atoms with Crippen LogP contribution in [0.15, 0.2) is 0 Å². The molecule has 2 unspecified atom stereocenters. The second-order valence-electron chi connectivity index (χ2n) is 5.64. The Morgan fingerprint density at radius 3 is 3.00 bits per heavy atom. The first kappa shape index (κ1) is 14.3. The molecule has 18 heavy (non-hydrogen) atoms. The SMILES string of the molecule is CCCNCC(COC)N1CCN2CCCC2C1. The summed E-state index contributed by atoms with van der Waals surface area (Å²) in [4.78, 5) is 5.30. The van der Waals surface area contributed by atoms with Crippen molar-refractivity contribution < 1.29 is 4.74 Å². The molecule has 0 aliphatic carbocycles. The molecule has 0 aromatic rings. The van der Waals surface area contributed by atoms with Crippen LogP contribution in [0, 0.1) is 0 Å². The Hall–Kier alpha value is -0.160. The summed E-state index contributed by atoms with van der Waals surface area (Å²) in [6, 6.07) is 1.36. The van der Waals surface area contributed by atoms with Gasteiger partial charge in [-0.2, -0.15) is 0 Å². The fourth-order valence-electron chi connectivity index (χ4n) is 3.28. The summed E-state index contributed by atoms with van der Waals surface area (Å²) in [5.41, 5.74) is 0. The van der Waals surface area contributed by atoms with Crippen LogP contribution in [0.25, 0.3) is 0 Å². The van der Waals surface area contributed by atoms with E-state index >= 15 is 0 Å². The van der Waals surface area contributed by atoms with E-state index in [0.29, 0.717) is 6.04 Å². The lowest BCUT2D eigenvalue weighted by Crippen LogP contribution is -2.56. The van der Waals surface area contributed by atoms with Crippen molar-refractivity contribution in [2.24, 2.45) is 0 Å². The molecule has 2 heterocycles. The molecule has 0 radical (unpaired) electrons. The maximum absolute atomic E-state index is 5.40. The molecular weight excluding hydrogens is 226 g/mol. The third-order valence-electron chi connectivity index (χ3n) is 4.30. The summed E-state index contributed by atoms with van der Waals surface area (Å²) in [6.07, 6.45) is 3.98. The highest BCUT2D eigenvalue weighted by Crippen LogP contribution is 2.22. The smallest absolute Gasteiger partial charge is 0.0630 e. The monoisotopic (exact) mass is 255 g/mol. The summed E-state index contributed by atoms with van der Waals surface area (Å²) >= 11 is 0. The molecule has 0 saturated carbocycles. The molecule has 1 N–H and O–H groups in total. The Labute approximate surface area is 112 Å². The lowest BCUT2D eigenvalue weighted by Gasteiger charge is -2.41. The maximum atomic E-state index is 5.40. The van der Waals surface area contributed by atoms with Gasteiger partial charge in [0.05, 0.1) is 6.61 Å². The minimum absolute atomic E-state index is 0.546. The standard InChI is InChI=1S/C14H29N3O/c1-3-6-15-10-14(12-18-2)17-9-8-16-7-4-5-13(16)11-17/h13-15H,3-12H2,1-2H3. The predicted molar refractivity (Wildman–Crippen MR) is 75.0 cm³/mol. The number of rotatable bonds is 7. The van der Waals surface area contributed by atoms with Crippen LogP contribution in [-0.2, 0) is 4.74 Å². The zero-order valence-electron chi connectivity index (χ0n) is 12.0. The molecule has 0 aromatic carbocycles. The van der Waals surface area contributed by atoms with E-state index in [9.17, 15) is 0 Å². The van der Waals surface area contributed by atoms with E-state index in [0.717, 1.165) is 25.7 Å². The van der Waals surface area contributed by atoms with Gasteiger partial charge >= 0.3 is 0 Å². The lowest BCUT2D eigenvalue weighted by atomic mass is 10.1. The number of nitrogens with one attached hydrogen (secondary N) is 1. The average molecular weight is 255 g/mol. The molecule has 2 aliphatic heterocycles. The molecule has 2 saturated heterocycles. The van der Waals surface area contributed by atoms with E-state index in [1.807, 2.05) is 7.11 Å². The van der Waals surface area contributed by atoms with Crippen LogP contribution in [0.2, 0.25) is 0 Å². The minimum Gasteiger partial charge on any atom is -0.383 e. The van der Waals surface area contributed by atoms with Crippen molar-refractivity contribution in [2.75, 3.05) is 53.0 Å². The molecule has 4 nitrogen and oxygen atoms in total. The van der Waals surface area contributed by atoms with Gasteiger partial charge < -0.3 is 10.1 Å². The van der Waals surface area contributed by atoms with Crippen LogP contribution in [-0.4, -0.2) is 74.9 Å². The molecule has 0 aromatic heterocycles. The molecule has 2 fully saturated rings. The van der Waals surface area contributed by atoms with E-state index in [-0.39, 0.29) is 0 Å². The zero-order valence-corrected chi connectivity index (χ0v) is 12.0. The molecule has 2 atom stereocenters. The second kappa shape index (κ2) is 7.43. The number of fused-ring (bicyclic) bond motifs is 1. The van der Waals surface area contributed by atoms with Gasteiger partial charge in [-0.15, -0.1) is 0 Å². The van der Waals surface area contributed by atoms with Gasteiger partial charge in [-0.05, 0) is 32.4 Å². The Morgan fingerprint density at radius 2 is 2.22 bits per heavy atom. The normalized spacial score (nSPS) is 27.3. The van der Waals surface area contributed by atoms with Gasteiger partial charge in [0.15, 0.2) is 0 Å². The van der Waals surface area contributed by atoms with Gasteiger partial charge in [0.25, 0.3) is 0 Å². The largest absolute Gasteiger partial charge is 0.383 e. The van der Waals surface area contributed by atoms with Crippen LogP contribution in [0.4, 0.5) is 0 Å². The molecule has 0 spiro atoms. The summed E-state index contributed by atoms with van der Waals surface area (Å²) in [6.45, 7) is 10.3. The maximum Gasteiger partial charge on any atom is 0.0630 e. The quantitative estimate of drug-likeness (QED) is 0.681. The summed E-state index contributed by atoms with van der Waals surface area (Å²) in [5.74, 6) is 0. The van der Waals surface area contributed by atoms with Gasteiger partial charge in [0, 0.05) is 45.4 Å². The van der Waals surface area contributed by atoms with Gasteiger partial charge in [-0.3, -0.25) is 9.80 Å². The van der Waals surface area contributed by atoms with Crippen molar-refractivity contribution in [3.8, 4) is 0 Å². The Morgan fingerprint density at radius 1 is 1.33 bits per heavy atom. The zero-order chi connectivity index (χ0) is 12.8. The molecular formula is C14H29N3O. The highest BCUT2D eigenvalue weighted by Gasteiger charge is 2.33. The third-order valence-corrected chi connectivity index (χ3v) is 4.30. The van der Waals surface area contributed by atoms with Crippen molar-refractivity contribution in [2.45, 2.75) is 38.3 Å². The van der Waals surface area contributed by atoms with Crippen molar-refractivity contribution in [1.29, 1.82) is 0 Å². The van der Waals surface area contributed by atoms with Crippen LogP contribution in [0.5, 0.6) is 0 Å². The minimum atomic E-state index is 0.546. The van der Waals surface area contributed by atoms with Crippen LogP contribution in [0.3, 0.4) is 0 Å². The number of ether oxygens (including phenoxy) is 1. The van der Waals surface area contributed by atoms with Gasteiger partial charge in [0.2, 0.25) is 0 Å².